The van der Waals surface area contributed by atoms with Crippen LogP contribution in [-0.4, -0.2) is 17.2 Å². The number of nitrogens with one attached hydrogen (secondary N) is 2. The third kappa shape index (κ3) is 3.51. The summed E-state index contributed by atoms with van der Waals surface area (Å²) in [4.78, 5) is 4.31. The second-order valence-corrected chi connectivity index (χ2v) is 6.70. The van der Waals surface area contributed by atoms with Gasteiger partial charge in [-0.1, -0.05) is 42.7 Å². The molecule has 1 fully saturated rings. The molecule has 24 heavy (non-hydrogen) atoms. The summed E-state index contributed by atoms with van der Waals surface area (Å²) >= 11 is 5.57. The van der Waals surface area contributed by atoms with Crippen LogP contribution in [0.3, 0.4) is 0 Å². The Hall–Kier alpha value is -2.14. The lowest BCUT2D eigenvalue weighted by Gasteiger charge is -2.32. The van der Waals surface area contributed by atoms with E-state index in [4.69, 9.17) is 17.0 Å². The Balaban J connectivity index is 1.80. The number of hydrogen-bond donors (Lipinski definition) is 2. The molecule has 0 aliphatic heterocycles. The van der Waals surface area contributed by atoms with Crippen molar-refractivity contribution in [1.82, 2.24) is 10.3 Å². The molecule has 1 aromatic carbocycles. The van der Waals surface area contributed by atoms with Gasteiger partial charge >= 0.3 is 0 Å². The molecule has 0 radical (unpaired) electrons. The van der Waals surface area contributed by atoms with Gasteiger partial charge in [-0.15, -0.1) is 0 Å². The van der Waals surface area contributed by atoms with E-state index in [0.717, 1.165) is 12.8 Å². The molecule has 126 valence electrons. The van der Waals surface area contributed by atoms with Crippen LogP contribution in [-0.2, 0) is 5.54 Å². The number of nitrogens with zero attached hydrogens (tertiary/aromatic N) is 1. The van der Waals surface area contributed by atoms with Gasteiger partial charge in [0.25, 0.3) is 0 Å². The number of benzene rings is 1. The Morgan fingerprint density at radius 1 is 1.21 bits per heavy atom. The zero-order valence-corrected chi connectivity index (χ0v) is 15.0. The second-order valence-electron chi connectivity index (χ2n) is 6.29. The van der Waals surface area contributed by atoms with Gasteiger partial charge in [0.05, 0.1) is 12.6 Å². The fourth-order valence-corrected chi connectivity index (χ4v) is 3.70. The van der Waals surface area contributed by atoms with Crippen LogP contribution in [0.2, 0.25) is 0 Å². The van der Waals surface area contributed by atoms with E-state index in [1.165, 1.54) is 24.0 Å². The highest BCUT2D eigenvalue weighted by molar-refractivity contribution is 7.80. The molecule has 3 rings (SSSR count). The van der Waals surface area contributed by atoms with E-state index in [2.05, 4.69) is 46.8 Å². The zero-order valence-electron chi connectivity index (χ0n) is 14.1. The van der Waals surface area contributed by atoms with E-state index < -0.39 is 0 Å². The van der Waals surface area contributed by atoms with Gasteiger partial charge < -0.3 is 15.4 Å². The molecule has 0 amide bonds. The standard InChI is InChI=1S/C19H23N3OS/c1-14-7-5-8-15(13-14)19(10-3-4-11-19)22-18(24)21-17-16(23-2)9-6-12-20-17/h5-9,12-13H,3-4,10-11H2,1-2H3,(H2,20,21,22,24). The van der Waals surface area contributed by atoms with Gasteiger partial charge in [-0.25, -0.2) is 4.98 Å². The summed E-state index contributed by atoms with van der Waals surface area (Å²) in [6.45, 7) is 2.13. The number of hydrogen-bond acceptors (Lipinski definition) is 3. The lowest BCUT2D eigenvalue weighted by atomic mass is 9.87. The summed E-state index contributed by atoms with van der Waals surface area (Å²) in [7, 11) is 1.63. The van der Waals surface area contributed by atoms with Gasteiger partial charge in [0.1, 0.15) is 0 Å². The Labute approximate surface area is 148 Å². The quantitative estimate of drug-likeness (QED) is 0.818. The lowest BCUT2D eigenvalue weighted by Crippen LogP contribution is -2.45. The summed E-state index contributed by atoms with van der Waals surface area (Å²) < 4.78 is 5.33. The van der Waals surface area contributed by atoms with Gasteiger partial charge in [0.15, 0.2) is 16.7 Å². The van der Waals surface area contributed by atoms with Crippen molar-refractivity contribution >= 4 is 23.1 Å². The molecular formula is C19H23N3OS. The van der Waals surface area contributed by atoms with Crippen molar-refractivity contribution in [3.05, 3.63) is 53.7 Å². The zero-order chi connectivity index (χ0) is 17.0. The van der Waals surface area contributed by atoms with Crippen molar-refractivity contribution in [2.24, 2.45) is 0 Å². The number of rotatable bonds is 4. The molecule has 0 spiro atoms. The van der Waals surface area contributed by atoms with E-state index in [9.17, 15) is 0 Å². The van der Waals surface area contributed by atoms with Crippen LogP contribution in [0.5, 0.6) is 5.75 Å². The number of ether oxygens (including phenoxy) is 1. The highest BCUT2D eigenvalue weighted by Gasteiger charge is 2.36. The molecule has 1 aromatic heterocycles. The highest BCUT2D eigenvalue weighted by Crippen LogP contribution is 2.39. The average molecular weight is 341 g/mol. The van der Waals surface area contributed by atoms with Crippen LogP contribution in [0.15, 0.2) is 42.6 Å². The number of anilines is 1. The predicted molar refractivity (Wildman–Crippen MR) is 101 cm³/mol. The van der Waals surface area contributed by atoms with Gasteiger partial charge in [0.2, 0.25) is 0 Å². The molecule has 0 atom stereocenters. The van der Waals surface area contributed by atoms with E-state index in [0.29, 0.717) is 16.7 Å². The molecular weight excluding hydrogens is 318 g/mol. The Kier molecular flexibility index (Phi) is 5.00. The average Bonchev–Trinajstić information content (AvgIpc) is 3.05. The maximum atomic E-state index is 5.57. The van der Waals surface area contributed by atoms with Crippen LogP contribution in [0.1, 0.15) is 36.8 Å². The molecule has 2 aromatic rings. The molecule has 5 heteroatoms. The Bertz CT molecular complexity index is 726. The minimum Gasteiger partial charge on any atom is -0.493 e. The largest absolute Gasteiger partial charge is 0.493 e. The van der Waals surface area contributed by atoms with Crippen molar-refractivity contribution < 1.29 is 4.74 Å². The molecule has 4 nitrogen and oxygen atoms in total. The number of pyridine rings is 1. The normalized spacial score (nSPS) is 15.8. The first-order valence-corrected chi connectivity index (χ1v) is 8.69. The molecule has 0 unspecified atom stereocenters. The maximum Gasteiger partial charge on any atom is 0.174 e. The molecule has 0 saturated heterocycles. The number of aryl methyl sites for hydroxylation is 1. The highest BCUT2D eigenvalue weighted by atomic mass is 32.1. The molecule has 0 bridgehead atoms. The summed E-state index contributed by atoms with van der Waals surface area (Å²) in [5.74, 6) is 1.31. The first-order valence-electron chi connectivity index (χ1n) is 8.28. The third-order valence-corrected chi connectivity index (χ3v) is 4.81. The first-order chi connectivity index (χ1) is 11.6. The molecule has 1 aliphatic carbocycles. The van der Waals surface area contributed by atoms with E-state index in [1.54, 1.807) is 13.3 Å². The van der Waals surface area contributed by atoms with Gasteiger partial charge in [-0.05, 0) is 49.7 Å². The molecule has 2 N–H and O–H groups in total. The summed E-state index contributed by atoms with van der Waals surface area (Å²) in [6.07, 6.45) is 6.29. The molecule has 1 saturated carbocycles. The van der Waals surface area contributed by atoms with E-state index in [-0.39, 0.29) is 5.54 Å². The van der Waals surface area contributed by atoms with Gasteiger partial charge in [-0.2, -0.15) is 0 Å². The Morgan fingerprint density at radius 2 is 2.00 bits per heavy atom. The smallest absolute Gasteiger partial charge is 0.174 e. The van der Waals surface area contributed by atoms with E-state index in [1.807, 2.05) is 12.1 Å². The van der Waals surface area contributed by atoms with E-state index >= 15 is 0 Å². The SMILES string of the molecule is COc1cccnc1NC(=S)NC1(c2cccc(C)c2)CCCC1. The predicted octanol–water partition coefficient (Wildman–Crippen LogP) is 4.15. The van der Waals surface area contributed by atoms with Crippen LogP contribution >= 0.6 is 12.2 Å². The Morgan fingerprint density at radius 3 is 2.71 bits per heavy atom. The van der Waals surface area contributed by atoms with Gasteiger partial charge in [0, 0.05) is 6.20 Å². The second kappa shape index (κ2) is 7.18. The van der Waals surface area contributed by atoms with Crippen molar-refractivity contribution in [3.8, 4) is 5.75 Å². The lowest BCUT2D eigenvalue weighted by molar-refractivity contribution is 0.406. The fourth-order valence-electron chi connectivity index (χ4n) is 3.41. The minimum absolute atomic E-state index is 0.0991. The summed E-state index contributed by atoms with van der Waals surface area (Å²) in [6, 6.07) is 12.4. The molecule has 1 heterocycles. The number of methoxy groups -OCH3 is 1. The third-order valence-electron chi connectivity index (χ3n) is 4.60. The molecule has 1 aliphatic rings. The fraction of sp³-hybridized carbons (Fsp3) is 0.368. The topological polar surface area (TPSA) is 46.2 Å². The van der Waals surface area contributed by atoms with Crippen molar-refractivity contribution in [2.45, 2.75) is 38.1 Å². The monoisotopic (exact) mass is 341 g/mol. The van der Waals surface area contributed by atoms with Crippen LogP contribution < -0.4 is 15.4 Å². The summed E-state index contributed by atoms with van der Waals surface area (Å²) in [5.41, 5.74) is 2.47. The van der Waals surface area contributed by atoms with Crippen molar-refractivity contribution in [2.75, 3.05) is 12.4 Å². The number of thiocarbonyl (C=S) groups is 1. The maximum absolute atomic E-state index is 5.57. The first kappa shape index (κ1) is 16.7. The van der Waals surface area contributed by atoms with Crippen LogP contribution in [0.4, 0.5) is 5.82 Å². The number of aromatic nitrogens is 1. The van der Waals surface area contributed by atoms with Crippen molar-refractivity contribution in [3.63, 3.8) is 0 Å². The van der Waals surface area contributed by atoms with Gasteiger partial charge in [-0.3, -0.25) is 0 Å². The minimum atomic E-state index is -0.0991. The van der Waals surface area contributed by atoms with Crippen LogP contribution in [0, 0.1) is 6.92 Å². The van der Waals surface area contributed by atoms with Crippen molar-refractivity contribution in [1.29, 1.82) is 0 Å². The van der Waals surface area contributed by atoms with Crippen LogP contribution in [0.25, 0.3) is 0 Å². The summed E-state index contributed by atoms with van der Waals surface area (Å²) in [5, 5.41) is 7.32.